The van der Waals surface area contributed by atoms with Gasteiger partial charge in [-0.15, -0.1) is 0 Å². The smallest absolute Gasteiger partial charge is 0.309 e. The number of aliphatic carboxylic acids is 1. The average molecular weight is 586 g/mol. The molecule has 2 aromatic heterocycles. The van der Waals surface area contributed by atoms with E-state index in [4.69, 9.17) is 14.1 Å². The van der Waals surface area contributed by atoms with Gasteiger partial charge in [0.05, 0.1) is 28.6 Å². The molecule has 1 amide bonds. The van der Waals surface area contributed by atoms with Crippen LogP contribution in [0.3, 0.4) is 0 Å². The van der Waals surface area contributed by atoms with Crippen molar-refractivity contribution in [3.05, 3.63) is 52.7 Å². The van der Waals surface area contributed by atoms with Crippen molar-refractivity contribution < 1.29 is 32.3 Å². The van der Waals surface area contributed by atoms with Gasteiger partial charge in [0, 0.05) is 32.9 Å². The van der Waals surface area contributed by atoms with Gasteiger partial charge in [0.15, 0.2) is 0 Å². The number of ether oxygens (including phenoxy) is 1. The van der Waals surface area contributed by atoms with E-state index in [9.17, 15) is 23.1 Å². The second-order valence-electron chi connectivity index (χ2n) is 10.9. The van der Waals surface area contributed by atoms with Gasteiger partial charge in [-0.1, -0.05) is 31.2 Å². The van der Waals surface area contributed by atoms with Crippen molar-refractivity contribution in [2.45, 2.75) is 64.8 Å². The lowest BCUT2D eigenvalue weighted by molar-refractivity contribution is -0.149. The summed E-state index contributed by atoms with van der Waals surface area (Å²) in [6, 6.07) is 9.77. The number of aryl methyl sites for hydroxylation is 1. The number of carbonyl (C=O) groups is 2. The molecule has 222 valence electrons. The maximum Gasteiger partial charge on any atom is 0.309 e. The van der Waals surface area contributed by atoms with Crippen molar-refractivity contribution in [1.82, 2.24) is 14.6 Å². The third-order valence-electron chi connectivity index (χ3n) is 7.97. The third kappa shape index (κ3) is 6.97. The van der Waals surface area contributed by atoms with Gasteiger partial charge in [0.1, 0.15) is 5.76 Å². The highest BCUT2D eigenvalue weighted by molar-refractivity contribution is 7.69. The van der Waals surface area contributed by atoms with Gasteiger partial charge in [0.2, 0.25) is 16.6 Å². The lowest BCUT2D eigenvalue weighted by atomic mass is 9.82. The number of furan rings is 1. The van der Waals surface area contributed by atoms with E-state index < -0.39 is 22.3 Å². The highest BCUT2D eigenvalue weighted by Crippen LogP contribution is 2.44. The molecule has 41 heavy (non-hydrogen) atoms. The molecule has 1 saturated carbocycles. The number of nitrogens with one attached hydrogen (secondary N) is 1. The Morgan fingerprint density at radius 1 is 1.22 bits per heavy atom. The predicted molar refractivity (Wildman–Crippen MR) is 156 cm³/mol. The van der Waals surface area contributed by atoms with E-state index in [1.807, 2.05) is 30.3 Å². The number of fused-ring (bicyclic) bond motifs is 1. The molecule has 1 fully saturated rings. The van der Waals surface area contributed by atoms with Crippen LogP contribution >= 0.6 is 0 Å². The molecule has 11 heteroatoms. The number of rotatable bonds is 15. The Morgan fingerprint density at radius 2 is 1.93 bits per heavy atom. The van der Waals surface area contributed by atoms with E-state index in [-0.39, 0.29) is 30.6 Å². The zero-order valence-electron chi connectivity index (χ0n) is 24.1. The quantitative estimate of drug-likeness (QED) is 0.221. The van der Waals surface area contributed by atoms with Gasteiger partial charge < -0.3 is 19.6 Å². The topological polar surface area (TPSA) is 139 Å². The van der Waals surface area contributed by atoms with Crippen LogP contribution in [0.15, 0.2) is 34.7 Å². The highest BCUT2D eigenvalue weighted by atomic mass is 32.2. The number of hydrogen-bond acceptors (Lipinski definition) is 7. The summed E-state index contributed by atoms with van der Waals surface area (Å²) in [5.41, 5.74) is 3.09. The van der Waals surface area contributed by atoms with Crippen molar-refractivity contribution in [1.29, 1.82) is 0 Å². The molecular weight excluding hydrogens is 546 g/mol. The van der Waals surface area contributed by atoms with Crippen LogP contribution in [0.5, 0.6) is 0 Å². The molecule has 0 radical (unpaired) electrons. The summed E-state index contributed by atoms with van der Waals surface area (Å²) >= 11 is 0. The van der Waals surface area contributed by atoms with Crippen LogP contribution in [-0.4, -0.2) is 62.0 Å². The molecule has 0 bridgehead atoms. The van der Waals surface area contributed by atoms with Gasteiger partial charge in [-0.3, -0.25) is 9.59 Å². The molecule has 0 spiro atoms. The number of carboxylic acid groups (broad SMARTS) is 1. The highest BCUT2D eigenvalue weighted by Gasteiger charge is 2.34. The van der Waals surface area contributed by atoms with E-state index in [0.717, 1.165) is 36.0 Å². The number of carboxylic acids is 1. The number of nitrogens with zero attached hydrogens (tertiary/aromatic N) is 2. The van der Waals surface area contributed by atoms with E-state index in [2.05, 4.69) is 12.2 Å². The summed E-state index contributed by atoms with van der Waals surface area (Å²) in [4.78, 5) is 29.7. The predicted octanol–water partition coefficient (Wildman–Crippen LogP) is 4.53. The monoisotopic (exact) mass is 585 g/mol. The third-order valence-corrected chi connectivity index (χ3v) is 8.78. The molecule has 1 atom stereocenters. The lowest BCUT2D eigenvalue weighted by Crippen LogP contribution is -2.31. The van der Waals surface area contributed by atoms with E-state index in [1.165, 1.54) is 11.4 Å². The Hall–Kier alpha value is -3.28. The van der Waals surface area contributed by atoms with Crippen LogP contribution in [0, 0.1) is 5.41 Å². The van der Waals surface area contributed by atoms with Gasteiger partial charge in [0.25, 0.3) is 5.91 Å². The average Bonchev–Trinajstić information content (AvgIpc) is 3.74. The first-order valence-electron chi connectivity index (χ1n) is 14.0. The minimum absolute atomic E-state index is 0.0405. The molecule has 3 aromatic rings. The molecule has 4 rings (SSSR count). The Bertz CT molecular complexity index is 1470. The summed E-state index contributed by atoms with van der Waals surface area (Å²) in [7, 11) is 0.150. The van der Waals surface area contributed by atoms with Gasteiger partial charge in [-0.2, -0.15) is 4.31 Å². The van der Waals surface area contributed by atoms with E-state index in [0.29, 0.717) is 48.3 Å². The normalized spacial score (nSPS) is 15.0. The van der Waals surface area contributed by atoms with Gasteiger partial charge in [-0.05, 0) is 68.6 Å². The van der Waals surface area contributed by atoms with Crippen LogP contribution in [0.1, 0.15) is 79.0 Å². The number of benzene rings is 1. The molecule has 1 aliphatic rings. The largest absolute Gasteiger partial charge is 0.481 e. The van der Waals surface area contributed by atoms with E-state index >= 15 is 0 Å². The van der Waals surface area contributed by atoms with Crippen LogP contribution < -0.4 is 5.32 Å². The maximum absolute atomic E-state index is 13.0. The zero-order chi connectivity index (χ0) is 29.7. The fourth-order valence-electron chi connectivity index (χ4n) is 5.10. The maximum atomic E-state index is 13.0. The van der Waals surface area contributed by atoms with Gasteiger partial charge >= 0.3 is 5.97 Å². The van der Waals surface area contributed by atoms with Crippen LogP contribution in [-0.2, 0) is 33.4 Å². The molecule has 0 aliphatic heterocycles. The zero-order valence-corrected chi connectivity index (χ0v) is 25.0. The molecule has 2 N–H and O–H groups in total. The summed E-state index contributed by atoms with van der Waals surface area (Å²) in [6.45, 7) is 4.24. The lowest BCUT2D eigenvalue weighted by Gasteiger charge is -2.25. The molecule has 0 saturated heterocycles. The van der Waals surface area contributed by atoms with Crippen LogP contribution in [0.25, 0.3) is 22.4 Å². The number of thiol groups is 1. The van der Waals surface area contributed by atoms with E-state index in [1.54, 1.807) is 14.0 Å². The number of amides is 1. The molecule has 1 aromatic carbocycles. The SMILES string of the molecule is CCc1ccc(-c2oc3nc(CN(CCCC(C)(CCOC)C(=O)O)[SH](=O)=O)c(C4CC4)cc3c2C(=O)NC)cc1. The number of aromatic nitrogens is 1. The standard InChI is InChI=1S/C30H39N3O7S/c1-5-19-7-9-21(10-8-19)26-25(27(34)31-3)23-17-22(20-11-12-20)24(32-28(23)40-26)18-33(41(37)38)15-6-13-30(2,29(35)36)14-16-39-4/h7-10,17,20,41H,5-6,11-16,18H2,1-4H3,(H,31,34)(H,35,36). The van der Waals surface area contributed by atoms with Crippen molar-refractivity contribution in [2.24, 2.45) is 5.41 Å². The second kappa shape index (κ2) is 13.1. The number of carbonyl (C=O) groups excluding carboxylic acids is 1. The molecule has 1 unspecified atom stereocenters. The summed E-state index contributed by atoms with van der Waals surface area (Å²) < 4.78 is 37.1. The Morgan fingerprint density at radius 3 is 2.49 bits per heavy atom. The first-order valence-corrected chi connectivity index (χ1v) is 15.1. The van der Waals surface area contributed by atoms with Crippen molar-refractivity contribution in [3.63, 3.8) is 0 Å². The number of pyridine rings is 1. The second-order valence-corrected chi connectivity index (χ2v) is 12.0. The molecular formula is C30H39N3O7S. The summed E-state index contributed by atoms with van der Waals surface area (Å²) in [5, 5.41) is 13.0. The molecule has 10 nitrogen and oxygen atoms in total. The Balaban J connectivity index is 1.67. The number of hydrogen-bond donors (Lipinski definition) is 3. The Labute approximate surface area is 242 Å². The van der Waals surface area contributed by atoms with Crippen LogP contribution in [0.4, 0.5) is 0 Å². The molecule has 2 heterocycles. The first kappa shape index (κ1) is 30.7. The first-order chi connectivity index (χ1) is 19.6. The minimum Gasteiger partial charge on any atom is -0.481 e. The number of methoxy groups -OCH3 is 1. The van der Waals surface area contributed by atoms with Crippen molar-refractivity contribution >= 4 is 33.9 Å². The van der Waals surface area contributed by atoms with Crippen LogP contribution in [0.2, 0.25) is 0 Å². The fourth-order valence-corrected chi connectivity index (χ4v) is 5.66. The molecule has 1 aliphatic carbocycles. The Kier molecular flexibility index (Phi) is 9.83. The fraction of sp³-hybridized carbons (Fsp3) is 0.500. The van der Waals surface area contributed by atoms with Crippen molar-refractivity contribution in [3.8, 4) is 11.3 Å². The van der Waals surface area contributed by atoms with Gasteiger partial charge in [-0.25, -0.2) is 13.4 Å². The summed E-state index contributed by atoms with van der Waals surface area (Å²) in [6.07, 6.45) is 3.82. The van der Waals surface area contributed by atoms with Crippen molar-refractivity contribution in [2.75, 3.05) is 27.3 Å². The minimum atomic E-state index is -2.94. The summed E-state index contributed by atoms with van der Waals surface area (Å²) in [5.74, 6) is -0.559.